The Balaban J connectivity index is 2.15. The molecular weight excluding hydrogens is 272 g/mol. The number of hydrogen-bond donors (Lipinski definition) is 1. The van der Waals surface area contributed by atoms with Gasteiger partial charge in [-0.3, -0.25) is 9.59 Å². The summed E-state index contributed by atoms with van der Waals surface area (Å²) in [7, 11) is 3.13. The number of carbonyl (C=O) groups excluding carboxylic acids is 2. The monoisotopic (exact) mass is 292 g/mol. The van der Waals surface area contributed by atoms with E-state index in [2.05, 4.69) is 0 Å². The maximum Gasteiger partial charge on any atom is 0.312 e. The van der Waals surface area contributed by atoms with Crippen molar-refractivity contribution >= 4 is 11.8 Å². The molecule has 1 saturated heterocycles. The average molecular weight is 292 g/mol. The van der Waals surface area contributed by atoms with Gasteiger partial charge in [-0.25, -0.2) is 0 Å². The van der Waals surface area contributed by atoms with E-state index in [4.69, 9.17) is 4.74 Å². The number of aliphatic hydroxyl groups is 1. The van der Waals surface area contributed by atoms with Gasteiger partial charge in [0.15, 0.2) is 0 Å². The predicted molar refractivity (Wildman–Crippen MR) is 76.9 cm³/mol. The lowest BCUT2D eigenvalue weighted by atomic mass is 10.0. The zero-order valence-electron chi connectivity index (χ0n) is 12.5. The molecule has 114 valence electrons. The second-order valence-electron chi connectivity index (χ2n) is 5.24. The lowest BCUT2D eigenvalue weighted by Gasteiger charge is -2.33. The van der Waals surface area contributed by atoms with E-state index in [9.17, 15) is 14.7 Å². The third-order valence-electron chi connectivity index (χ3n) is 3.66. The van der Waals surface area contributed by atoms with Gasteiger partial charge in [-0.05, 0) is 19.1 Å². The van der Waals surface area contributed by atoms with Gasteiger partial charge in [0.05, 0.1) is 13.7 Å². The van der Waals surface area contributed by atoms with Crippen LogP contribution in [0.15, 0.2) is 18.2 Å². The number of piperazine rings is 1. The number of amides is 2. The van der Waals surface area contributed by atoms with Gasteiger partial charge in [0.1, 0.15) is 11.9 Å². The lowest BCUT2D eigenvalue weighted by molar-refractivity contribution is -0.155. The molecule has 1 aromatic carbocycles. The number of rotatable bonds is 4. The smallest absolute Gasteiger partial charge is 0.312 e. The molecule has 0 bridgehead atoms. The van der Waals surface area contributed by atoms with Gasteiger partial charge in [-0.2, -0.15) is 0 Å². The maximum atomic E-state index is 11.9. The second kappa shape index (κ2) is 6.13. The van der Waals surface area contributed by atoms with E-state index in [1.807, 2.05) is 19.1 Å². The molecule has 1 aliphatic rings. The van der Waals surface area contributed by atoms with Crippen molar-refractivity contribution in [3.63, 3.8) is 0 Å². The van der Waals surface area contributed by atoms with Crippen LogP contribution in [0.3, 0.4) is 0 Å². The van der Waals surface area contributed by atoms with Crippen LogP contribution in [0.1, 0.15) is 17.2 Å². The van der Waals surface area contributed by atoms with E-state index in [0.717, 1.165) is 5.56 Å². The molecule has 0 radical (unpaired) electrons. The Morgan fingerprint density at radius 2 is 2.00 bits per heavy atom. The fraction of sp³-hybridized carbons (Fsp3) is 0.467. The van der Waals surface area contributed by atoms with Gasteiger partial charge in [0.2, 0.25) is 0 Å². The number of hydrogen-bond acceptors (Lipinski definition) is 4. The molecule has 1 heterocycles. The highest BCUT2D eigenvalue weighted by Crippen LogP contribution is 2.27. The molecule has 6 heteroatoms. The van der Waals surface area contributed by atoms with E-state index in [-0.39, 0.29) is 6.54 Å². The molecule has 0 spiro atoms. The lowest BCUT2D eigenvalue weighted by Crippen LogP contribution is -2.53. The zero-order valence-corrected chi connectivity index (χ0v) is 12.5. The summed E-state index contributed by atoms with van der Waals surface area (Å²) >= 11 is 0. The van der Waals surface area contributed by atoms with Crippen molar-refractivity contribution in [1.82, 2.24) is 9.80 Å². The summed E-state index contributed by atoms with van der Waals surface area (Å²) < 4.78 is 5.24. The van der Waals surface area contributed by atoms with E-state index in [1.54, 1.807) is 13.1 Å². The van der Waals surface area contributed by atoms with Crippen LogP contribution in [0.2, 0.25) is 0 Å². The first-order valence-corrected chi connectivity index (χ1v) is 6.81. The molecule has 21 heavy (non-hydrogen) atoms. The number of methoxy groups -OCH3 is 1. The molecule has 1 atom stereocenters. The Morgan fingerprint density at radius 3 is 2.67 bits per heavy atom. The number of carbonyl (C=O) groups is 2. The second-order valence-corrected chi connectivity index (χ2v) is 5.24. The van der Waals surface area contributed by atoms with Crippen molar-refractivity contribution in [2.45, 2.75) is 13.0 Å². The number of ether oxygens (including phenoxy) is 1. The third kappa shape index (κ3) is 3.16. The largest absolute Gasteiger partial charge is 0.496 e. The topological polar surface area (TPSA) is 70.1 Å². The zero-order chi connectivity index (χ0) is 15.6. The number of likely N-dealkylation sites (N-methyl/N-ethyl adjacent to an activating group) is 1. The van der Waals surface area contributed by atoms with Crippen molar-refractivity contribution < 1.29 is 19.4 Å². The fourth-order valence-electron chi connectivity index (χ4n) is 2.37. The molecule has 0 aromatic heterocycles. The first-order valence-electron chi connectivity index (χ1n) is 6.81. The summed E-state index contributed by atoms with van der Waals surface area (Å²) in [5.41, 5.74) is 1.61. The third-order valence-corrected chi connectivity index (χ3v) is 3.66. The molecule has 1 unspecified atom stereocenters. The van der Waals surface area contributed by atoms with Gasteiger partial charge in [0.25, 0.3) is 0 Å². The number of benzene rings is 1. The quantitative estimate of drug-likeness (QED) is 0.812. The van der Waals surface area contributed by atoms with Crippen LogP contribution in [0.5, 0.6) is 5.75 Å². The van der Waals surface area contributed by atoms with E-state index >= 15 is 0 Å². The van der Waals surface area contributed by atoms with Crippen molar-refractivity contribution in [3.8, 4) is 5.75 Å². The summed E-state index contributed by atoms with van der Waals surface area (Å²) in [4.78, 5) is 26.3. The summed E-state index contributed by atoms with van der Waals surface area (Å²) in [5.74, 6) is -0.542. The van der Waals surface area contributed by atoms with E-state index < -0.39 is 17.9 Å². The number of aryl methyl sites for hydroxylation is 1. The van der Waals surface area contributed by atoms with Crippen LogP contribution in [0.4, 0.5) is 0 Å². The Hall–Kier alpha value is -2.08. The van der Waals surface area contributed by atoms with E-state index in [1.165, 1.54) is 16.9 Å². The Labute approximate surface area is 123 Å². The molecule has 2 rings (SSSR count). The normalized spacial score (nSPS) is 17.1. The van der Waals surface area contributed by atoms with Crippen molar-refractivity contribution in [2.24, 2.45) is 0 Å². The molecule has 2 amide bonds. The summed E-state index contributed by atoms with van der Waals surface area (Å²) in [6.07, 6.45) is -0.889. The summed E-state index contributed by atoms with van der Waals surface area (Å²) in [6.45, 7) is 2.90. The van der Waals surface area contributed by atoms with Crippen LogP contribution >= 0.6 is 0 Å². The molecule has 6 nitrogen and oxygen atoms in total. The summed E-state index contributed by atoms with van der Waals surface area (Å²) in [6, 6.07) is 5.50. The minimum atomic E-state index is -0.889. The fourth-order valence-corrected chi connectivity index (χ4v) is 2.37. The van der Waals surface area contributed by atoms with E-state index in [0.29, 0.717) is 24.4 Å². The first kappa shape index (κ1) is 15.3. The maximum absolute atomic E-state index is 11.9. The number of β-amino-alcohol motifs (C(OH)–C–C–N with tert-alkyl or cyclic N) is 1. The standard InChI is InChI=1S/C15H20N2O4/c1-10-4-5-13(21-3)11(8-10)12(18)9-17-7-6-16(2)14(19)15(17)20/h4-5,8,12,18H,6-7,9H2,1-3H3. The molecule has 0 aliphatic carbocycles. The van der Waals surface area contributed by atoms with Gasteiger partial charge >= 0.3 is 11.8 Å². The number of nitrogens with zero attached hydrogens (tertiary/aromatic N) is 2. The van der Waals surface area contributed by atoms with Crippen molar-refractivity contribution in [3.05, 3.63) is 29.3 Å². The molecule has 1 aliphatic heterocycles. The van der Waals surface area contributed by atoms with Crippen LogP contribution in [-0.4, -0.2) is 60.5 Å². The average Bonchev–Trinajstić information content (AvgIpc) is 2.47. The van der Waals surface area contributed by atoms with Crippen LogP contribution in [0.25, 0.3) is 0 Å². The van der Waals surface area contributed by atoms with Crippen molar-refractivity contribution in [2.75, 3.05) is 33.8 Å². The van der Waals surface area contributed by atoms with Crippen LogP contribution in [-0.2, 0) is 9.59 Å². The number of aliphatic hydroxyl groups excluding tert-OH is 1. The molecule has 1 fully saturated rings. The summed E-state index contributed by atoms with van der Waals surface area (Å²) in [5, 5.41) is 10.4. The van der Waals surface area contributed by atoms with Gasteiger partial charge in [0, 0.05) is 25.7 Å². The highest BCUT2D eigenvalue weighted by atomic mass is 16.5. The van der Waals surface area contributed by atoms with Crippen LogP contribution < -0.4 is 4.74 Å². The minimum absolute atomic E-state index is 0.0816. The van der Waals surface area contributed by atoms with Crippen molar-refractivity contribution in [1.29, 1.82) is 0 Å². The highest BCUT2D eigenvalue weighted by Gasteiger charge is 2.32. The Bertz CT molecular complexity index is 559. The molecule has 0 saturated carbocycles. The highest BCUT2D eigenvalue weighted by molar-refractivity contribution is 6.35. The van der Waals surface area contributed by atoms with Crippen LogP contribution in [0, 0.1) is 6.92 Å². The van der Waals surface area contributed by atoms with Gasteiger partial charge in [-0.15, -0.1) is 0 Å². The van der Waals surface area contributed by atoms with Gasteiger partial charge in [-0.1, -0.05) is 11.6 Å². The molecular formula is C15H20N2O4. The van der Waals surface area contributed by atoms with Gasteiger partial charge < -0.3 is 19.6 Å². The predicted octanol–water partition coefficient (Wildman–Crippen LogP) is 0.338. The minimum Gasteiger partial charge on any atom is -0.496 e. The first-order chi connectivity index (χ1) is 9.93. The Kier molecular flexibility index (Phi) is 4.47. The SMILES string of the molecule is COc1ccc(C)cc1C(O)CN1CCN(C)C(=O)C1=O. The molecule has 1 aromatic rings. The Morgan fingerprint density at radius 1 is 1.29 bits per heavy atom. The molecule has 1 N–H and O–H groups in total.